The molecule has 2 aromatic carbocycles. The lowest BCUT2D eigenvalue weighted by Gasteiger charge is -2.44. The number of esters is 4. The molecule has 1 saturated heterocycles. The van der Waals surface area contributed by atoms with Gasteiger partial charge in [0.15, 0.2) is 28.9 Å². The van der Waals surface area contributed by atoms with Crippen molar-refractivity contribution in [2.45, 2.75) is 69.2 Å². The Balaban J connectivity index is 1.78. The van der Waals surface area contributed by atoms with Crippen molar-refractivity contribution in [3.63, 3.8) is 0 Å². The Morgan fingerprint density at radius 3 is 2.12 bits per heavy atom. The van der Waals surface area contributed by atoms with E-state index in [2.05, 4.69) is 0 Å². The Bertz CT molecular complexity index is 1440. The second-order valence-corrected chi connectivity index (χ2v) is 10.7. The number of hydrogen-bond acceptors (Lipinski definition) is 11. The van der Waals surface area contributed by atoms with Crippen molar-refractivity contribution in [2.75, 3.05) is 6.61 Å². The lowest BCUT2D eigenvalue weighted by Crippen LogP contribution is -2.61. The summed E-state index contributed by atoms with van der Waals surface area (Å²) < 4.78 is 30.0. The number of carbonyl (C=O) groups is 4. The number of aromatic nitrogens is 2. The summed E-state index contributed by atoms with van der Waals surface area (Å²) in [5.74, 6) is -2.66. The lowest BCUT2D eigenvalue weighted by molar-refractivity contribution is -0.237. The molecule has 0 bridgehead atoms. The van der Waals surface area contributed by atoms with Crippen LogP contribution in [-0.4, -0.2) is 69.9 Å². The molecule has 1 aromatic heterocycles. The van der Waals surface area contributed by atoms with Gasteiger partial charge in [0, 0.05) is 32.7 Å². The molecule has 5 atom stereocenters. The zero-order chi connectivity index (χ0) is 29.7. The highest BCUT2D eigenvalue weighted by molar-refractivity contribution is 7.99. The number of carbonyl (C=O) groups excluding carboxylic acids is 4. The van der Waals surface area contributed by atoms with Crippen molar-refractivity contribution < 1.29 is 42.9 Å². The number of nitrogens with zero attached hydrogens (tertiary/aromatic N) is 2. The van der Waals surface area contributed by atoms with Gasteiger partial charge < -0.3 is 28.3 Å². The van der Waals surface area contributed by atoms with Crippen molar-refractivity contribution in [1.29, 1.82) is 0 Å². The standard InChI is InChI=1S/C28H29ClN2O9S/c1-15(32)36-14-23-24(37-16(2)33)25(38-17(3)34)26(39-18(4)35)27(40-23)41-28-30-21-11-7-8-12-22(21)31(28)13-19-9-5-6-10-20(19)29/h5-12,23-27H,13-14H2,1-4H3. The fraction of sp³-hybridized carbons (Fsp3) is 0.393. The molecule has 0 aliphatic carbocycles. The van der Waals surface area contributed by atoms with Gasteiger partial charge in [-0.05, 0) is 23.8 Å². The van der Waals surface area contributed by atoms with Crippen LogP contribution in [0.5, 0.6) is 0 Å². The maximum absolute atomic E-state index is 12.2. The summed E-state index contributed by atoms with van der Waals surface area (Å²) in [6.45, 7) is 4.83. The average molecular weight is 605 g/mol. The number of fused-ring (bicyclic) bond motifs is 1. The lowest BCUT2D eigenvalue weighted by atomic mass is 9.99. The van der Waals surface area contributed by atoms with Crippen LogP contribution in [0.3, 0.4) is 0 Å². The molecule has 0 amide bonds. The smallest absolute Gasteiger partial charge is 0.303 e. The Kier molecular flexibility index (Phi) is 9.90. The predicted octanol–water partition coefficient (Wildman–Crippen LogP) is 3.91. The van der Waals surface area contributed by atoms with E-state index in [1.165, 1.54) is 27.7 Å². The van der Waals surface area contributed by atoms with Crippen LogP contribution >= 0.6 is 23.4 Å². The van der Waals surface area contributed by atoms with Crippen LogP contribution < -0.4 is 0 Å². The minimum atomic E-state index is -1.27. The minimum Gasteiger partial charge on any atom is -0.463 e. The van der Waals surface area contributed by atoms with Gasteiger partial charge in [-0.25, -0.2) is 4.98 Å². The molecule has 3 aromatic rings. The van der Waals surface area contributed by atoms with Gasteiger partial charge >= 0.3 is 23.9 Å². The SMILES string of the molecule is CC(=O)OCC1OC(Sc2nc3ccccc3n2Cc2ccccc2Cl)C(OC(C)=O)C(OC(C)=O)C1OC(C)=O. The molecule has 13 heteroatoms. The zero-order valence-corrected chi connectivity index (χ0v) is 24.3. The monoisotopic (exact) mass is 604 g/mol. The fourth-order valence-corrected chi connectivity index (χ4v) is 5.87. The van der Waals surface area contributed by atoms with E-state index in [0.717, 1.165) is 22.8 Å². The van der Waals surface area contributed by atoms with Crippen molar-refractivity contribution in [3.05, 3.63) is 59.1 Å². The van der Waals surface area contributed by atoms with Gasteiger partial charge in [0.2, 0.25) is 0 Å². The van der Waals surface area contributed by atoms with E-state index in [0.29, 0.717) is 22.2 Å². The quantitative estimate of drug-likeness (QED) is 0.260. The molecular weight excluding hydrogens is 576 g/mol. The summed E-state index contributed by atoms with van der Waals surface area (Å²) in [5.41, 5.74) is 1.35. The Hall–Kier alpha value is -3.61. The first-order chi connectivity index (χ1) is 19.5. The van der Waals surface area contributed by atoms with E-state index >= 15 is 0 Å². The van der Waals surface area contributed by atoms with Crippen molar-refractivity contribution in [2.24, 2.45) is 0 Å². The van der Waals surface area contributed by atoms with E-state index < -0.39 is 53.7 Å². The first-order valence-corrected chi connectivity index (χ1v) is 13.9. The van der Waals surface area contributed by atoms with Crippen LogP contribution in [0, 0.1) is 0 Å². The molecule has 1 aliphatic rings. The van der Waals surface area contributed by atoms with Gasteiger partial charge in [-0.15, -0.1) is 0 Å². The van der Waals surface area contributed by atoms with Crippen LogP contribution in [0.1, 0.15) is 33.3 Å². The Morgan fingerprint density at radius 2 is 1.46 bits per heavy atom. The highest BCUT2D eigenvalue weighted by atomic mass is 35.5. The number of ether oxygens (including phenoxy) is 5. The molecule has 218 valence electrons. The number of benzene rings is 2. The number of para-hydroxylation sites is 2. The molecule has 4 rings (SSSR count). The zero-order valence-electron chi connectivity index (χ0n) is 22.8. The van der Waals surface area contributed by atoms with Gasteiger partial charge in [0.25, 0.3) is 0 Å². The van der Waals surface area contributed by atoms with E-state index in [1.807, 2.05) is 47.0 Å². The van der Waals surface area contributed by atoms with Gasteiger partial charge in [0.05, 0.1) is 17.6 Å². The summed E-state index contributed by atoms with van der Waals surface area (Å²) >= 11 is 7.59. The van der Waals surface area contributed by atoms with Crippen LogP contribution in [0.25, 0.3) is 11.0 Å². The Morgan fingerprint density at radius 1 is 0.854 bits per heavy atom. The molecular formula is C28H29ClN2O9S. The van der Waals surface area contributed by atoms with E-state index in [-0.39, 0.29) is 6.61 Å². The van der Waals surface area contributed by atoms with Gasteiger partial charge in [-0.3, -0.25) is 19.2 Å². The van der Waals surface area contributed by atoms with E-state index in [9.17, 15) is 19.2 Å². The first-order valence-electron chi connectivity index (χ1n) is 12.7. The predicted molar refractivity (Wildman–Crippen MR) is 148 cm³/mol. The normalized spacial score (nSPS) is 22.1. The minimum absolute atomic E-state index is 0.315. The third kappa shape index (κ3) is 7.57. The van der Waals surface area contributed by atoms with Crippen LogP contribution in [0.4, 0.5) is 0 Å². The first kappa shape index (κ1) is 30.4. The van der Waals surface area contributed by atoms with Gasteiger partial charge in [-0.1, -0.05) is 53.7 Å². The van der Waals surface area contributed by atoms with Crippen LogP contribution in [-0.2, 0) is 49.4 Å². The highest BCUT2D eigenvalue weighted by Crippen LogP contribution is 2.38. The molecule has 0 N–H and O–H groups in total. The van der Waals surface area contributed by atoms with E-state index in [1.54, 1.807) is 6.07 Å². The second-order valence-electron chi connectivity index (χ2n) is 9.25. The molecule has 0 saturated carbocycles. The molecule has 0 spiro atoms. The Labute approximate surface area is 245 Å². The number of halogens is 1. The topological polar surface area (TPSA) is 132 Å². The van der Waals surface area contributed by atoms with Crippen LogP contribution in [0.15, 0.2) is 53.7 Å². The number of imidazole rings is 1. The summed E-state index contributed by atoms with van der Waals surface area (Å²) in [5, 5.41) is 1.07. The summed E-state index contributed by atoms with van der Waals surface area (Å²) in [6.07, 6.45) is -4.78. The van der Waals surface area contributed by atoms with E-state index in [4.69, 9.17) is 40.3 Å². The molecule has 0 radical (unpaired) electrons. The molecule has 11 nitrogen and oxygen atoms in total. The number of rotatable bonds is 9. The molecule has 41 heavy (non-hydrogen) atoms. The third-order valence-corrected chi connectivity index (χ3v) is 7.58. The number of hydrogen-bond donors (Lipinski definition) is 0. The van der Waals surface area contributed by atoms with Crippen molar-refractivity contribution in [1.82, 2.24) is 9.55 Å². The molecule has 5 unspecified atom stereocenters. The largest absolute Gasteiger partial charge is 0.463 e. The summed E-state index contributed by atoms with van der Waals surface area (Å²) in [4.78, 5) is 52.8. The fourth-order valence-electron chi connectivity index (χ4n) is 4.48. The molecule has 1 aliphatic heterocycles. The summed E-state index contributed by atoms with van der Waals surface area (Å²) in [7, 11) is 0. The summed E-state index contributed by atoms with van der Waals surface area (Å²) in [6, 6.07) is 14.9. The third-order valence-electron chi connectivity index (χ3n) is 6.08. The van der Waals surface area contributed by atoms with Crippen molar-refractivity contribution in [3.8, 4) is 0 Å². The maximum atomic E-state index is 12.2. The van der Waals surface area contributed by atoms with Crippen LogP contribution in [0.2, 0.25) is 5.02 Å². The second kappa shape index (κ2) is 13.4. The molecule has 1 fully saturated rings. The van der Waals surface area contributed by atoms with Gasteiger partial charge in [0.1, 0.15) is 12.7 Å². The maximum Gasteiger partial charge on any atom is 0.303 e. The highest BCUT2D eigenvalue weighted by Gasteiger charge is 2.52. The number of thioether (sulfide) groups is 1. The molecule has 2 heterocycles. The average Bonchev–Trinajstić information content (AvgIpc) is 3.23. The van der Waals surface area contributed by atoms with Crippen molar-refractivity contribution >= 4 is 58.3 Å². The van der Waals surface area contributed by atoms with Gasteiger partial charge in [-0.2, -0.15) is 0 Å².